The molecule has 0 radical (unpaired) electrons. The first-order valence-corrected chi connectivity index (χ1v) is 9.46. The van der Waals surface area contributed by atoms with Crippen LogP contribution in [0.4, 0.5) is 0 Å². The summed E-state index contributed by atoms with van der Waals surface area (Å²) in [5, 5.41) is 0. The standard InChI is InChI=1S/C15H18N4O6S/c1-3-5-18-13-11(14(20)19(6-4-2)15(18)21)16-12(17-13)10-7-9(8-25-10)26(22,23)24/h7-8H,3-6H2,1-2H3,(H,16,17)(H,22,23,24)/p-1. The SMILES string of the molecule is CCCn1c(=O)c2[nH]c(-c3cc(S(=O)(=O)[O-])co3)nc2n(CCC)c1=O. The average molecular weight is 381 g/mol. The summed E-state index contributed by atoms with van der Waals surface area (Å²) in [4.78, 5) is 31.7. The third-order valence-corrected chi connectivity index (χ3v) is 4.64. The molecule has 3 rings (SSSR count). The van der Waals surface area contributed by atoms with E-state index in [1.807, 2.05) is 13.8 Å². The fraction of sp³-hybridized carbons (Fsp3) is 0.400. The fourth-order valence-corrected chi connectivity index (χ4v) is 3.12. The van der Waals surface area contributed by atoms with Gasteiger partial charge < -0.3 is 14.0 Å². The zero-order chi connectivity index (χ0) is 19.1. The van der Waals surface area contributed by atoms with Gasteiger partial charge in [-0.2, -0.15) is 0 Å². The number of hydrogen-bond acceptors (Lipinski definition) is 7. The van der Waals surface area contributed by atoms with E-state index < -0.39 is 26.3 Å². The highest BCUT2D eigenvalue weighted by atomic mass is 32.2. The molecule has 0 atom stereocenters. The molecule has 3 aromatic heterocycles. The van der Waals surface area contributed by atoms with E-state index >= 15 is 0 Å². The van der Waals surface area contributed by atoms with Gasteiger partial charge in [0.05, 0.1) is 4.90 Å². The van der Waals surface area contributed by atoms with Gasteiger partial charge in [0.2, 0.25) is 0 Å². The second-order valence-electron chi connectivity index (χ2n) is 5.78. The first kappa shape index (κ1) is 18.1. The minimum Gasteiger partial charge on any atom is -0.744 e. The Labute approximate surface area is 147 Å². The van der Waals surface area contributed by atoms with Gasteiger partial charge >= 0.3 is 5.69 Å². The van der Waals surface area contributed by atoms with Crippen LogP contribution in [-0.2, 0) is 23.2 Å². The van der Waals surface area contributed by atoms with Crippen molar-refractivity contribution in [1.29, 1.82) is 0 Å². The van der Waals surface area contributed by atoms with Gasteiger partial charge in [-0.1, -0.05) is 13.8 Å². The molecule has 0 aromatic carbocycles. The van der Waals surface area contributed by atoms with E-state index in [2.05, 4.69) is 9.97 Å². The molecule has 11 heteroatoms. The predicted octanol–water partition coefficient (Wildman–Crippen LogP) is 0.870. The highest BCUT2D eigenvalue weighted by molar-refractivity contribution is 7.85. The molecule has 10 nitrogen and oxygen atoms in total. The lowest BCUT2D eigenvalue weighted by Gasteiger charge is -2.09. The molecular weight excluding hydrogens is 364 g/mol. The van der Waals surface area contributed by atoms with Crippen LogP contribution in [-0.4, -0.2) is 32.1 Å². The summed E-state index contributed by atoms with van der Waals surface area (Å²) in [6.07, 6.45) is 2.07. The van der Waals surface area contributed by atoms with E-state index in [9.17, 15) is 22.6 Å². The number of aromatic nitrogens is 4. The van der Waals surface area contributed by atoms with E-state index in [-0.39, 0.29) is 29.3 Å². The molecular formula is C15H17N4O6S-. The number of aryl methyl sites for hydroxylation is 1. The minimum atomic E-state index is -4.67. The fourth-order valence-electron chi connectivity index (χ4n) is 2.70. The Morgan fingerprint density at radius 2 is 1.85 bits per heavy atom. The Morgan fingerprint density at radius 3 is 2.42 bits per heavy atom. The Morgan fingerprint density at radius 1 is 1.19 bits per heavy atom. The first-order valence-electron chi connectivity index (χ1n) is 8.06. The van der Waals surface area contributed by atoms with E-state index in [4.69, 9.17) is 4.42 Å². The normalized spacial score (nSPS) is 12.1. The van der Waals surface area contributed by atoms with Gasteiger partial charge in [0, 0.05) is 19.2 Å². The van der Waals surface area contributed by atoms with Crippen molar-refractivity contribution in [2.45, 2.75) is 44.7 Å². The zero-order valence-electron chi connectivity index (χ0n) is 14.2. The van der Waals surface area contributed by atoms with Gasteiger partial charge in [-0.05, 0) is 12.8 Å². The van der Waals surface area contributed by atoms with E-state index in [0.717, 1.165) is 16.9 Å². The van der Waals surface area contributed by atoms with Crippen LogP contribution in [0, 0.1) is 0 Å². The maximum absolute atomic E-state index is 12.6. The van der Waals surface area contributed by atoms with E-state index in [1.54, 1.807) is 0 Å². The molecule has 0 saturated heterocycles. The summed E-state index contributed by atoms with van der Waals surface area (Å²) in [5.41, 5.74) is -0.690. The number of nitrogens with one attached hydrogen (secondary N) is 1. The number of furan rings is 1. The van der Waals surface area contributed by atoms with Gasteiger partial charge in [-0.25, -0.2) is 18.2 Å². The topological polar surface area (TPSA) is 143 Å². The predicted molar refractivity (Wildman–Crippen MR) is 90.9 cm³/mol. The van der Waals surface area contributed by atoms with Crippen LogP contribution in [0.15, 0.2) is 31.2 Å². The second kappa shape index (κ2) is 6.57. The number of nitrogens with zero attached hydrogens (tertiary/aromatic N) is 3. The molecule has 1 N–H and O–H groups in total. The van der Waals surface area contributed by atoms with Crippen LogP contribution in [0.1, 0.15) is 26.7 Å². The van der Waals surface area contributed by atoms with Gasteiger partial charge in [0.15, 0.2) is 22.7 Å². The third kappa shape index (κ3) is 2.99. The van der Waals surface area contributed by atoms with Crippen molar-refractivity contribution in [1.82, 2.24) is 19.1 Å². The Bertz CT molecular complexity index is 1180. The van der Waals surface area contributed by atoms with Crippen LogP contribution in [0.2, 0.25) is 0 Å². The smallest absolute Gasteiger partial charge is 0.332 e. The molecule has 0 bridgehead atoms. The van der Waals surface area contributed by atoms with Crippen LogP contribution >= 0.6 is 0 Å². The molecule has 0 spiro atoms. The molecule has 140 valence electrons. The molecule has 0 aliphatic rings. The van der Waals surface area contributed by atoms with Crippen molar-refractivity contribution < 1.29 is 17.4 Å². The van der Waals surface area contributed by atoms with Crippen molar-refractivity contribution in [3.05, 3.63) is 33.2 Å². The quantitative estimate of drug-likeness (QED) is 0.624. The Hall–Kier alpha value is -2.66. The highest BCUT2D eigenvalue weighted by Gasteiger charge is 2.19. The van der Waals surface area contributed by atoms with Crippen LogP contribution < -0.4 is 11.2 Å². The van der Waals surface area contributed by atoms with Crippen molar-refractivity contribution in [2.75, 3.05) is 0 Å². The summed E-state index contributed by atoms with van der Waals surface area (Å²) in [6, 6.07) is 1.02. The van der Waals surface area contributed by atoms with Crippen LogP contribution in [0.3, 0.4) is 0 Å². The Kier molecular flexibility index (Phi) is 4.59. The van der Waals surface area contributed by atoms with Crippen LogP contribution in [0.25, 0.3) is 22.7 Å². The zero-order valence-corrected chi connectivity index (χ0v) is 15.0. The molecule has 3 heterocycles. The molecule has 0 saturated carbocycles. The largest absolute Gasteiger partial charge is 0.744 e. The van der Waals surface area contributed by atoms with Crippen molar-refractivity contribution >= 4 is 21.3 Å². The first-order chi connectivity index (χ1) is 12.3. The number of rotatable bonds is 6. The summed E-state index contributed by atoms with van der Waals surface area (Å²) in [5.74, 6) is 0.0399. The Balaban J connectivity index is 2.27. The van der Waals surface area contributed by atoms with Gasteiger partial charge in [-0.3, -0.25) is 13.9 Å². The average Bonchev–Trinajstić information content (AvgIpc) is 3.21. The number of fused-ring (bicyclic) bond motifs is 1. The summed E-state index contributed by atoms with van der Waals surface area (Å²) in [6.45, 7) is 4.37. The summed E-state index contributed by atoms with van der Waals surface area (Å²) >= 11 is 0. The van der Waals surface area contributed by atoms with Crippen LogP contribution in [0.5, 0.6) is 0 Å². The maximum atomic E-state index is 12.6. The van der Waals surface area contributed by atoms with Crippen molar-refractivity contribution in [2.24, 2.45) is 0 Å². The lowest BCUT2D eigenvalue weighted by atomic mass is 10.4. The molecule has 0 unspecified atom stereocenters. The molecule has 0 fully saturated rings. The van der Waals surface area contributed by atoms with Crippen molar-refractivity contribution in [3.8, 4) is 11.6 Å². The van der Waals surface area contributed by atoms with E-state index in [1.165, 1.54) is 4.57 Å². The maximum Gasteiger partial charge on any atom is 0.332 e. The number of imidazole rings is 1. The second-order valence-corrected chi connectivity index (χ2v) is 7.16. The molecule has 0 amide bonds. The number of H-pyrrole nitrogens is 1. The highest BCUT2D eigenvalue weighted by Crippen LogP contribution is 2.23. The monoisotopic (exact) mass is 381 g/mol. The number of hydrogen-bond donors (Lipinski definition) is 1. The lowest BCUT2D eigenvalue weighted by Crippen LogP contribution is -2.40. The summed E-state index contributed by atoms with van der Waals surface area (Å²) < 4.78 is 40.8. The lowest BCUT2D eigenvalue weighted by molar-refractivity contribution is 0.460. The van der Waals surface area contributed by atoms with Crippen molar-refractivity contribution in [3.63, 3.8) is 0 Å². The van der Waals surface area contributed by atoms with Gasteiger partial charge in [0.25, 0.3) is 5.56 Å². The van der Waals surface area contributed by atoms with Gasteiger partial charge in [0.1, 0.15) is 16.4 Å². The van der Waals surface area contributed by atoms with Gasteiger partial charge in [-0.15, -0.1) is 0 Å². The summed E-state index contributed by atoms with van der Waals surface area (Å²) in [7, 11) is -4.67. The molecule has 3 aromatic rings. The molecule has 0 aliphatic carbocycles. The van der Waals surface area contributed by atoms with E-state index in [0.29, 0.717) is 19.4 Å². The minimum absolute atomic E-state index is 0.0208. The third-order valence-electron chi connectivity index (χ3n) is 3.85. The molecule has 0 aliphatic heterocycles. The molecule has 26 heavy (non-hydrogen) atoms. The number of aromatic amines is 1.